The highest BCUT2D eigenvalue weighted by molar-refractivity contribution is 5.77. The molecule has 1 aliphatic carbocycles. The number of hydrogen-bond donors (Lipinski definition) is 4. The third kappa shape index (κ3) is 3.20. The molecule has 0 unspecified atom stereocenters. The average molecular weight is 186 g/mol. The molecule has 0 radical (unpaired) electrons. The second-order valence-electron chi connectivity index (χ2n) is 3.63. The van der Waals surface area contributed by atoms with E-state index in [0.29, 0.717) is 6.54 Å². The van der Waals surface area contributed by atoms with Crippen LogP contribution in [0.2, 0.25) is 0 Å². The van der Waals surface area contributed by atoms with Gasteiger partial charge in [-0.25, -0.2) is 10.8 Å². The number of nitrogens with one attached hydrogen (secondary N) is 1. The van der Waals surface area contributed by atoms with Crippen molar-refractivity contribution in [3.63, 3.8) is 0 Å². The van der Waals surface area contributed by atoms with Crippen LogP contribution < -0.4 is 17.0 Å². The van der Waals surface area contributed by atoms with E-state index in [0.717, 1.165) is 25.7 Å². The molecule has 0 aromatic rings. The maximum atomic E-state index is 9.98. The summed E-state index contributed by atoms with van der Waals surface area (Å²) < 4.78 is 0. The van der Waals surface area contributed by atoms with E-state index in [1.54, 1.807) is 0 Å². The summed E-state index contributed by atoms with van der Waals surface area (Å²) in [7, 11) is 0. The van der Waals surface area contributed by atoms with Gasteiger partial charge in [-0.05, 0) is 12.8 Å². The van der Waals surface area contributed by atoms with Gasteiger partial charge in [-0.15, -0.1) is 0 Å². The first-order valence-corrected chi connectivity index (χ1v) is 4.65. The number of nitrogens with zero attached hydrogens (tertiary/aromatic N) is 1. The Hall–Kier alpha value is -0.810. The normalized spacial score (nSPS) is 22.8. The monoisotopic (exact) mass is 186 g/mol. The number of aliphatic imine (C=N–C) groups is 1. The molecule has 5 nitrogen and oxygen atoms in total. The van der Waals surface area contributed by atoms with Crippen LogP contribution in [0.25, 0.3) is 0 Å². The van der Waals surface area contributed by atoms with E-state index in [1.165, 1.54) is 6.42 Å². The van der Waals surface area contributed by atoms with E-state index in [9.17, 15) is 5.11 Å². The van der Waals surface area contributed by atoms with Crippen LogP contribution in [0.4, 0.5) is 0 Å². The zero-order valence-electron chi connectivity index (χ0n) is 7.79. The molecular formula is C8H18N4O. The highest BCUT2D eigenvalue weighted by Gasteiger charge is 2.28. The molecule has 0 amide bonds. The van der Waals surface area contributed by atoms with Crippen LogP contribution >= 0.6 is 0 Å². The fourth-order valence-electron chi connectivity index (χ4n) is 1.65. The summed E-state index contributed by atoms with van der Waals surface area (Å²) in [5.41, 5.74) is 6.94. The second kappa shape index (κ2) is 4.43. The highest BCUT2D eigenvalue weighted by Crippen LogP contribution is 2.27. The quantitative estimate of drug-likeness (QED) is 0.201. The van der Waals surface area contributed by atoms with Crippen LogP contribution in [-0.4, -0.2) is 23.2 Å². The second-order valence-corrected chi connectivity index (χ2v) is 3.63. The predicted octanol–water partition coefficient (Wildman–Crippen LogP) is -0.540. The van der Waals surface area contributed by atoms with Crippen LogP contribution in [-0.2, 0) is 0 Å². The Balaban J connectivity index is 2.41. The molecule has 1 saturated carbocycles. The van der Waals surface area contributed by atoms with Crippen molar-refractivity contribution in [2.45, 2.75) is 37.7 Å². The van der Waals surface area contributed by atoms with Gasteiger partial charge in [0, 0.05) is 0 Å². The number of nitrogens with two attached hydrogens (primary N) is 2. The zero-order chi connectivity index (χ0) is 9.73. The van der Waals surface area contributed by atoms with Gasteiger partial charge in [0.05, 0.1) is 12.1 Å². The fourth-order valence-corrected chi connectivity index (χ4v) is 1.65. The maximum absolute atomic E-state index is 9.98. The predicted molar refractivity (Wildman–Crippen MR) is 51.8 cm³/mol. The first-order chi connectivity index (χ1) is 6.16. The summed E-state index contributed by atoms with van der Waals surface area (Å²) >= 11 is 0. The van der Waals surface area contributed by atoms with Crippen molar-refractivity contribution in [1.82, 2.24) is 5.43 Å². The van der Waals surface area contributed by atoms with Crippen molar-refractivity contribution >= 4 is 5.96 Å². The van der Waals surface area contributed by atoms with Crippen molar-refractivity contribution < 1.29 is 5.11 Å². The molecule has 1 aliphatic rings. The molecule has 0 spiro atoms. The molecule has 0 atom stereocenters. The summed E-state index contributed by atoms with van der Waals surface area (Å²) in [5, 5.41) is 9.98. The molecule has 1 rings (SSSR count). The van der Waals surface area contributed by atoms with E-state index in [1.807, 2.05) is 0 Å². The Kier molecular flexibility index (Phi) is 3.50. The molecule has 0 heterocycles. The first-order valence-electron chi connectivity index (χ1n) is 4.65. The SMILES string of the molecule is NNC(N)=NCC1(O)CCCCC1. The minimum atomic E-state index is -0.653. The van der Waals surface area contributed by atoms with E-state index in [4.69, 9.17) is 11.6 Å². The Morgan fingerprint density at radius 1 is 1.38 bits per heavy atom. The van der Waals surface area contributed by atoms with Gasteiger partial charge in [0.15, 0.2) is 0 Å². The van der Waals surface area contributed by atoms with Crippen molar-refractivity contribution in [2.24, 2.45) is 16.6 Å². The minimum absolute atomic E-state index is 0.180. The summed E-state index contributed by atoms with van der Waals surface area (Å²) in [5.74, 6) is 5.22. The largest absolute Gasteiger partial charge is 0.388 e. The van der Waals surface area contributed by atoms with Gasteiger partial charge >= 0.3 is 0 Å². The third-order valence-electron chi connectivity index (χ3n) is 2.48. The molecule has 6 N–H and O–H groups in total. The summed E-state index contributed by atoms with van der Waals surface area (Å²) in [6.07, 6.45) is 4.98. The third-order valence-corrected chi connectivity index (χ3v) is 2.48. The summed E-state index contributed by atoms with van der Waals surface area (Å²) in [4.78, 5) is 3.95. The Morgan fingerprint density at radius 2 is 2.00 bits per heavy atom. The molecule has 0 aromatic heterocycles. The van der Waals surface area contributed by atoms with Crippen LogP contribution in [0.1, 0.15) is 32.1 Å². The van der Waals surface area contributed by atoms with Crippen molar-refractivity contribution in [3.8, 4) is 0 Å². The van der Waals surface area contributed by atoms with Crippen LogP contribution in [0.5, 0.6) is 0 Å². The average Bonchev–Trinajstić information content (AvgIpc) is 2.15. The lowest BCUT2D eigenvalue weighted by atomic mass is 9.85. The molecular weight excluding hydrogens is 168 g/mol. The first kappa shape index (κ1) is 10.3. The van der Waals surface area contributed by atoms with Gasteiger partial charge in [-0.1, -0.05) is 19.3 Å². The Bertz CT molecular complexity index is 187. The highest BCUT2D eigenvalue weighted by atomic mass is 16.3. The van der Waals surface area contributed by atoms with Crippen LogP contribution in [0.3, 0.4) is 0 Å². The Labute approximate surface area is 78.2 Å². The molecule has 0 saturated heterocycles. The van der Waals surface area contributed by atoms with Crippen molar-refractivity contribution in [1.29, 1.82) is 0 Å². The molecule has 76 valence electrons. The van der Waals surface area contributed by atoms with E-state index < -0.39 is 5.60 Å². The van der Waals surface area contributed by atoms with E-state index >= 15 is 0 Å². The lowest BCUT2D eigenvalue weighted by molar-refractivity contribution is 0.0132. The maximum Gasteiger partial charge on any atom is 0.203 e. The number of hydrogen-bond acceptors (Lipinski definition) is 3. The lowest BCUT2D eigenvalue weighted by Gasteiger charge is -2.30. The number of aliphatic hydroxyl groups is 1. The van der Waals surface area contributed by atoms with Gasteiger partial charge in [0.2, 0.25) is 5.96 Å². The summed E-state index contributed by atoms with van der Waals surface area (Å²) in [6, 6.07) is 0. The van der Waals surface area contributed by atoms with Crippen LogP contribution in [0, 0.1) is 0 Å². The van der Waals surface area contributed by atoms with Gasteiger partial charge in [-0.3, -0.25) is 5.43 Å². The van der Waals surface area contributed by atoms with Crippen molar-refractivity contribution in [2.75, 3.05) is 6.54 Å². The van der Waals surface area contributed by atoms with Gasteiger partial charge in [-0.2, -0.15) is 0 Å². The summed E-state index contributed by atoms with van der Waals surface area (Å²) in [6.45, 7) is 0.350. The van der Waals surface area contributed by atoms with Gasteiger partial charge in [0.25, 0.3) is 0 Å². The molecule has 1 fully saturated rings. The number of hydrazine groups is 1. The Morgan fingerprint density at radius 3 is 2.54 bits per heavy atom. The standard InChI is InChI=1S/C8H18N4O/c9-7(12-10)11-6-8(13)4-2-1-3-5-8/h13H,1-6,10H2,(H3,9,11,12). The molecule has 0 aliphatic heterocycles. The number of rotatable bonds is 2. The lowest BCUT2D eigenvalue weighted by Crippen LogP contribution is -2.40. The molecule has 0 aromatic carbocycles. The van der Waals surface area contributed by atoms with Crippen LogP contribution in [0.15, 0.2) is 4.99 Å². The van der Waals surface area contributed by atoms with Gasteiger partial charge in [0.1, 0.15) is 0 Å². The van der Waals surface area contributed by atoms with Crippen molar-refractivity contribution in [3.05, 3.63) is 0 Å². The molecule has 5 heteroatoms. The fraction of sp³-hybridized carbons (Fsp3) is 0.875. The molecule has 0 bridgehead atoms. The van der Waals surface area contributed by atoms with E-state index in [-0.39, 0.29) is 5.96 Å². The van der Waals surface area contributed by atoms with Gasteiger partial charge < -0.3 is 10.8 Å². The zero-order valence-corrected chi connectivity index (χ0v) is 7.79. The van der Waals surface area contributed by atoms with E-state index in [2.05, 4.69) is 10.4 Å². The number of guanidine groups is 1. The topological polar surface area (TPSA) is 96.7 Å². The molecule has 13 heavy (non-hydrogen) atoms. The minimum Gasteiger partial charge on any atom is -0.388 e. The smallest absolute Gasteiger partial charge is 0.203 e.